The van der Waals surface area contributed by atoms with E-state index >= 15 is 0 Å². The zero-order valence-electron chi connectivity index (χ0n) is 10.6. The second kappa shape index (κ2) is 6.40. The van der Waals surface area contributed by atoms with Crippen LogP contribution in [0.1, 0.15) is 51.8 Å². The molecule has 0 spiro atoms. The first-order valence-electron chi connectivity index (χ1n) is 6.01. The summed E-state index contributed by atoms with van der Waals surface area (Å²) < 4.78 is 3.24. The summed E-state index contributed by atoms with van der Waals surface area (Å²) in [7, 11) is 0. The van der Waals surface area contributed by atoms with Crippen molar-refractivity contribution < 1.29 is 0 Å². The van der Waals surface area contributed by atoms with E-state index in [1.165, 1.54) is 5.69 Å². The molecule has 4 heteroatoms. The van der Waals surface area contributed by atoms with Gasteiger partial charge in [-0.2, -0.15) is 5.10 Å². The lowest BCUT2D eigenvalue weighted by atomic mass is 10.0. The van der Waals surface area contributed by atoms with Crippen LogP contribution >= 0.6 is 15.9 Å². The van der Waals surface area contributed by atoms with Crippen molar-refractivity contribution in [3.05, 3.63) is 16.4 Å². The Morgan fingerprint density at radius 3 is 2.69 bits per heavy atom. The molecule has 1 unspecified atom stereocenters. The van der Waals surface area contributed by atoms with Gasteiger partial charge in [0.2, 0.25) is 0 Å². The molecule has 0 aliphatic rings. The number of rotatable bonds is 6. The van der Waals surface area contributed by atoms with Gasteiger partial charge in [0.05, 0.1) is 16.4 Å². The van der Waals surface area contributed by atoms with Gasteiger partial charge in [0.15, 0.2) is 0 Å². The van der Waals surface area contributed by atoms with Crippen LogP contribution in [0.4, 0.5) is 0 Å². The molecule has 92 valence electrons. The molecule has 0 fully saturated rings. The van der Waals surface area contributed by atoms with Crippen LogP contribution in [-0.2, 0) is 0 Å². The average Bonchev–Trinajstić information content (AvgIpc) is 2.60. The molecule has 1 aromatic rings. The standard InChI is InChI=1S/C12H22BrN3/c1-5-14-7-6-10(4)12-11(13)8-15-16(12)9(2)3/h8-10,14H,5-7H2,1-4H3. The van der Waals surface area contributed by atoms with E-state index in [0.29, 0.717) is 12.0 Å². The Balaban J connectivity index is 2.73. The Hall–Kier alpha value is -0.350. The third kappa shape index (κ3) is 3.32. The molecule has 1 aromatic heterocycles. The molecule has 1 heterocycles. The fraction of sp³-hybridized carbons (Fsp3) is 0.750. The van der Waals surface area contributed by atoms with E-state index in [0.717, 1.165) is 24.0 Å². The molecular weight excluding hydrogens is 266 g/mol. The number of halogens is 1. The Labute approximate surface area is 107 Å². The zero-order chi connectivity index (χ0) is 12.1. The Kier molecular flexibility index (Phi) is 5.49. The molecule has 0 amide bonds. The third-order valence-electron chi connectivity index (χ3n) is 2.75. The van der Waals surface area contributed by atoms with Crippen molar-refractivity contribution in [2.75, 3.05) is 13.1 Å². The van der Waals surface area contributed by atoms with E-state index in [1.54, 1.807) is 0 Å². The number of hydrogen-bond donors (Lipinski definition) is 1. The lowest BCUT2D eigenvalue weighted by Gasteiger charge is -2.17. The summed E-state index contributed by atoms with van der Waals surface area (Å²) in [5, 5.41) is 7.78. The smallest absolute Gasteiger partial charge is 0.0635 e. The fourth-order valence-corrected chi connectivity index (χ4v) is 2.52. The van der Waals surface area contributed by atoms with Crippen molar-refractivity contribution in [2.45, 2.75) is 46.1 Å². The third-order valence-corrected chi connectivity index (χ3v) is 3.36. The first-order chi connectivity index (χ1) is 7.57. The van der Waals surface area contributed by atoms with Gasteiger partial charge in [0, 0.05) is 12.0 Å². The topological polar surface area (TPSA) is 29.9 Å². The largest absolute Gasteiger partial charge is 0.317 e. The molecule has 1 N–H and O–H groups in total. The van der Waals surface area contributed by atoms with Gasteiger partial charge in [-0.15, -0.1) is 0 Å². The Morgan fingerprint density at radius 1 is 1.44 bits per heavy atom. The number of aromatic nitrogens is 2. The molecule has 3 nitrogen and oxygen atoms in total. The summed E-state index contributed by atoms with van der Waals surface area (Å²) in [5.74, 6) is 0.526. The van der Waals surface area contributed by atoms with Gasteiger partial charge < -0.3 is 5.32 Å². The van der Waals surface area contributed by atoms with Crippen molar-refractivity contribution in [1.82, 2.24) is 15.1 Å². The van der Waals surface area contributed by atoms with Gasteiger partial charge in [-0.25, -0.2) is 0 Å². The molecule has 0 radical (unpaired) electrons. The lowest BCUT2D eigenvalue weighted by Crippen LogP contribution is -2.18. The number of nitrogens with zero attached hydrogens (tertiary/aromatic N) is 2. The van der Waals surface area contributed by atoms with Gasteiger partial charge in [-0.1, -0.05) is 13.8 Å². The summed E-state index contributed by atoms with van der Waals surface area (Å²) in [6, 6.07) is 0.419. The van der Waals surface area contributed by atoms with E-state index < -0.39 is 0 Å². The highest BCUT2D eigenvalue weighted by Gasteiger charge is 2.17. The maximum absolute atomic E-state index is 4.41. The van der Waals surface area contributed by atoms with E-state index in [2.05, 4.69) is 58.7 Å². The van der Waals surface area contributed by atoms with Gasteiger partial charge in [0.25, 0.3) is 0 Å². The molecule has 0 saturated carbocycles. The molecule has 0 aromatic carbocycles. The quantitative estimate of drug-likeness (QED) is 0.814. The van der Waals surface area contributed by atoms with Crippen molar-refractivity contribution in [2.24, 2.45) is 0 Å². The summed E-state index contributed by atoms with van der Waals surface area (Å²) in [6.45, 7) is 10.8. The maximum atomic E-state index is 4.41. The Morgan fingerprint density at radius 2 is 2.12 bits per heavy atom. The molecular formula is C12H22BrN3. The highest BCUT2D eigenvalue weighted by Crippen LogP contribution is 2.28. The van der Waals surface area contributed by atoms with Gasteiger partial charge in [-0.05, 0) is 49.3 Å². The van der Waals surface area contributed by atoms with Gasteiger partial charge in [0.1, 0.15) is 0 Å². The average molecular weight is 288 g/mol. The summed E-state index contributed by atoms with van der Waals surface area (Å²) in [5.41, 5.74) is 1.31. The van der Waals surface area contributed by atoms with Gasteiger partial charge in [-0.3, -0.25) is 4.68 Å². The predicted octanol–water partition coefficient (Wildman–Crippen LogP) is 3.33. The number of nitrogens with one attached hydrogen (secondary N) is 1. The van der Waals surface area contributed by atoms with Crippen LogP contribution in [0, 0.1) is 0 Å². The SMILES string of the molecule is CCNCCC(C)c1c(Br)cnn1C(C)C. The normalized spacial score (nSPS) is 13.4. The van der Waals surface area contributed by atoms with Crippen molar-refractivity contribution in [1.29, 1.82) is 0 Å². The minimum atomic E-state index is 0.419. The molecule has 0 aliphatic heterocycles. The summed E-state index contributed by atoms with van der Waals surface area (Å²) in [6.07, 6.45) is 3.05. The zero-order valence-corrected chi connectivity index (χ0v) is 12.2. The first-order valence-corrected chi connectivity index (χ1v) is 6.80. The van der Waals surface area contributed by atoms with Crippen molar-refractivity contribution >= 4 is 15.9 Å². The Bertz CT molecular complexity index is 320. The second-order valence-corrected chi connectivity index (χ2v) is 5.31. The predicted molar refractivity (Wildman–Crippen MR) is 71.9 cm³/mol. The van der Waals surface area contributed by atoms with Crippen LogP contribution in [0.15, 0.2) is 10.7 Å². The highest BCUT2D eigenvalue weighted by atomic mass is 79.9. The molecule has 0 aliphatic carbocycles. The molecule has 0 bridgehead atoms. The van der Waals surface area contributed by atoms with E-state index in [-0.39, 0.29) is 0 Å². The van der Waals surface area contributed by atoms with E-state index in [4.69, 9.17) is 0 Å². The summed E-state index contributed by atoms with van der Waals surface area (Å²) in [4.78, 5) is 0. The van der Waals surface area contributed by atoms with Crippen LogP contribution in [0.2, 0.25) is 0 Å². The molecule has 1 atom stereocenters. The minimum Gasteiger partial charge on any atom is -0.317 e. The van der Waals surface area contributed by atoms with Crippen molar-refractivity contribution in [3.63, 3.8) is 0 Å². The van der Waals surface area contributed by atoms with E-state index in [9.17, 15) is 0 Å². The highest BCUT2D eigenvalue weighted by molar-refractivity contribution is 9.10. The lowest BCUT2D eigenvalue weighted by molar-refractivity contribution is 0.477. The van der Waals surface area contributed by atoms with Crippen LogP contribution < -0.4 is 5.32 Å². The number of hydrogen-bond acceptors (Lipinski definition) is 2. The van der Waals surface area contributed by atoms with Crippen LogP contribution in [0.3, 0.4) is 0 Å². The maximum Gasteiger partial charge on any atom is 0.0635 e. The monoisotopic (exact) mass is 287 g/mol. The summed E-state index contributed by atoms with van der Waals surface area (Å²) >= 11 is 3.59. The first kappa shape index (κ1) is 13.7. The fourth-order valence-electron chi connectivity index (χ4n) is 1.86. The van der Waals surface area contributed by atoms with Crippen LogP contribution in [0.5, 0.6) is 0 Å². The minimum absolute atomic E-state index is 0.419. The molecule has 0 saturated heterocycles. The van der Waals surface area contributed by atoms with Crippen LogP contribution in [0.25, 0.3) is 0 Å². The van der Waals surface area contributed by atoms with Gasteiger partial charge >= 0.3 is 0 Å². The van der Waals surface area contributed by atoms with E-state index in [1.807, 2.05) is 6.20 Å². The van der Waals surface area contributed by atoms with Crippen LogP contribution in [-0.4, -0.2) is 22.9 Å². The van der Waals surface area contributed by atoms with Crippen molar-refractivity contribution in [3.8, 4) is 0 Å². The molecule has 16 heavy (non-hydrogen) atoms. The molecule has 1 rings (SSSR count). The second-order valence-electron chi connectivity index (χ2n) is 4.46.